The van der Waals surface area contributed by atoms with Gasteiger partial charge in [0.1, 0.15) is 0 Å². The van der Waals surface area contributed by atoms with E-state index in [2.05, 4.69) is 59.7 Å². The van der Waals surface area contributed by atoms with E-state index in [0.29, 0.717) is 5.56 Å². The van der Waals surface area contributed by atoms with Crippen molar-refractivity contribution in [2.45, 2.75) is 45.2 Å². The molecule has 1 saturated carbocycles. The van der Waals surface area contributed by atoms with Crippen molar-refractivity contribution in [3.8, 4) is 11.1 Å². The van der Waals surface area contributed by atoms with Crippen LogP contribution in [0.1, 0.15) is 44.0 Å². The Bertz CT molecular complexity index is 1370. The highest BCUT2D eigenvalue weighted by Crippen LogP contribution is 2.47. The van der Waals surface area contributed by atoms with E-state index in [-0.39, 0.29) is 17.0 Å². The van der Waals surface area contributed by atoms with Crippen LogP contribution >= 0.6 is 0 Å². The average molecular weight is 443 g/mol. The fraction of sp³-hybridized carbons (Fsp3) is 0.346. The minimum Gasteiger partial charge on any atom is -0.379 e. The van der Waals surface area contributed by atoms with E-state index in [4.69, 9.17) is 5.73 Å². The van der Waals surface area contributed by atoms with Gasteiger partial charge < -0.3 is 16.4 Å². The molecule has 1 aliphatic rings. The maximum Gasteiger partial charge on any atom is 0.252 e. The van der Waals surface area contributed by atoms with Crippen LogP contribution in [-0.4, -0.2) is 39.1 Å². The molecule has 3 aromatic heterocycles. The summed E-state index contributed by atoms with van der Waals surface area (Å²) < 4.78 is 1.82. The van der Waals surface area contributed by atoms with E-state index in [1.165, 1.54) is 0 Å². The summed E-state index contributed by atoms with van der Waals surface area (Å²) in [7, 11) is 2.02. The number of fused-ring (bicyclic) bond motifs is 2. The maximum atomic E-state index is 12.3. The van der Waals surface area contributed by atoms with E-state index in [9.17, 15) is 4.79 Å². The molecule has 0 aliphatic heterocycles. The van der Waals surface area contributed by atoms with Crippen LogP contribution in [0.4, 0.5) is 5.69 Å². The molecule has 7 heteroatoms. The summed E-state index contributed by atoms with van der Waals surface area (Å²) in [6, 6.07) is 12.3. The number of pyridine rings is 1. The molecule has 1 unspecified atom stereocenters. The normalized spacial score (nSPS) is 22.1. The van der Waals surface area contributed by atoms with Crippen LogP contribution in [0.2, 0.25) is 0 Å². The summed E-state index contributed by atoms with van der Waals surface area (Å²) >= 11 is 0. The molecule has 1 amide bonds. The third-order valence-corrected chi connectivity index (χ3v) is 7.96. The Hall–Kier alpha value is -3.45. The van der Waals surface area contributed by atoms with Crippen LogP contribution in [0.3, 0.4) is 0 Å². The Morgan fingerprint density at radius 2 is 2.03 bits per heavy atom. The highest BCUT2D eigenvalue weighted by molar-refractivity contribution is 6.03. The lowest BCUT2D eigenvalue weighted by Gasteiger charge is -2.42. The third-order valence-electron chi connectivity index (χ3n) is 7.96. The standard InChI is InChI=1S/C26H30N6O/c1-25(2)22(10-11-26(25,3)28-4)31-23-19(24(27)33)14-30-32-15-16(13-21(23)32)17-7-5-9-20-18(17)8-6-12-29-20/h5-9,12-15,22,28,31H,10-11H2,1-4H3,(H2,27,33)/t22-,26?/m1/s1. The molecule has 2 atom stereocenters. The van der Waals surface area contributed by atoms with Gasteiger partial charge in [0, 0.05) is 40.3 Å². The van der Waals surface area contributed by atoms with Gasteiger partial charge in [0.15, 0.2) is 0 Å². The van der Waals surface area contributed by atoms with Gasteiger partial charge in [-0.2, -0.15) is 5.10 Å². The summed E-state index contributed by atoms with van der Waals surface area (Å²) in [5.74, 6) is -0.489. The predicted molar refractivity (Wildman–Crippen MR) is 132 cm³/mol. The van der Waals surface area contributed by atoms with Crippen molar-refractivity contribution in [2.24, 2.45) is 11.1 Å². The predicted octanol–water partition coefficient (Wildman–Crippen LogP) is 4.23. The summed E-state index contributed by atoms with van der Waals surface area (Å²) in [5.41, 5.74) is 10.7. The number of carbonyl (C=O) groups is 1. The van der Waals surface area contributed by atoms with Crippen LogP contribution < -0.4 is 16.4 Å². The monoisotopic (exact) mass is 442 g/mol. The van der Waals surface area contributed by atoms with Gasteiger partial charge in [-0.05, 0) is 50.6 Å². The molecular weight excluding hydrogens is 412 g/mol. The molecule has 4 aromatic rings. The zero-order valence-electron chi connectivity index (χ0n) is 19.5. The number of nitrogens with zero attached hydrogens (tertiary/aromatic N) is 3. The minimum absolute atomic E-state index is 0.00994. The Morgan fingerprint density at radius 1 is 1.21 bits per heavy atom. The molecule has 5 rings (SSSR count). The van der Waals surface area contributed by atoms with Gasteiger partial charge in [0.05, 0.1) is 28.5 Å². The molecule has 0 bridgehead atoms. The van der Waals surface area contributed by atoms with E-state index < -0.39 is 5.91 Å². The Balaban J connectivity index is 1.65. The lowest BCUT2D eigenvalue weighted by atomic mass is 9.74. The van der Waals surface area contributed by atoms with Gasteiger partial charge >= 0.3 is 0 Å². The lowest BCUT2D eigenvalue weighted by Crippen LogP contribution is -2.53. The smallest absolute Gasteiger partial charge is 0.252 e. The number of rotatable bonds is 5. The third kappa shape index (κ3) is 3.26. The maximum absolute atomic E-state index is 12.3. The number of carbonyl (C=O) groups excluding carboxylic acids is 1. The van der Waals surface area contributed by atoms with Crippen LogP contribution in [0.25, 0.3) is 27.5 Å². The van der Waals surface area contributed by atoms with Gasteiger partial charge in [0.2, 0.25) is 0 Å². The van der Waals surface area contributed by atoms with Crippen LogP contribution in [-0.2, 0) is 0 Å². The number of nitrogens with one attached hydrogen (secondary N) is 2. The molecule has 0 spiro atoms. The van der Waals surface area contributed by atoms with E-state index in [1.54, 1.807) is 12.4 Å². The van der Waals surface area contributed by atoms with Crippen LogP contribution in [0.15, 0.2) is 55.0 Å². The summed E-state index contributed by atoms with van der Waals surface area (Å²) in [4.78, 5) is 16.8. The second-order valence-electron chi connectivity index (χ2n) is 9.77. The summed E-state index contributed by atoms with van der Waals surface area (Å²) in [6.45, 7) is 6.79. The van der Waals surface area contributed by atoms with E-state index >= 15 is 0 Å². The average Bonchev–Trinajstić information content (AvgIpc) is 3.33. The number of anilines is 1. The number of hydrogen-bond acceptors (Lipinski definition) is 5. The van der Waals surface area contributed by atoms with Crippen molar-refractivity contribution in [1.29, 1.82) is 0 Å². The second kappa shape index (κ2) is 7.56. The van der Waals surface area contributed by atoms with Gasteiger partial charge in [-0.1, -0.05) is 32.0 Å². The van der Waals surface area contributed by atoms with E-state index in [0.717, 1.165) is 46.1 Å². The highest BCUT2D eigenvalue weighted by atomic mass is 16.1. The van der Waals surface area contributed by atoms with Gasteiger partial charge in [-0.3, -0.25) is 9.78 Å². The Morgan fingerprint density at radius 3 is 2.76 bits per heavy atom. The van der Waals surface area contributed by atoms with Crippen LogP contribution in [0.5, 0.6) is 0 Å². The zero-order chi connectivity index (χ0) is 23.4. The first kappa shape index (κ1) is 21.4. The molecule has 4 N–H and O–H groups in total. The van der Waals surface area contributed by atoms with Gasteiger partial charge in [0.25, 0.3) is 5.91 Å². The molecule has 1 aromatic carbocycles. The molecule has 0 saturated heterocycles. The highest BCUT2D eigenvalue weighted by Gasteiger charge is 2.51. The quantitative estimate of drug-likeness (QED) is 0.430. The first-order chi connectivity index (χ1) is 15.7. The number of aromatic nitrogens is 3. The van der Waals surface area contributed by atoms with Gasteiger partial charge in [-0.25, -0.2) is 4.52 Å². The number of primary amides is 1. The second-order valence-corrected chi connectivity index (χ2v) is 9.77. The molecule has 3 heterocycles. The molecule has 1 fully saturated rings. The molecular formula is C26H30N6O. The fourth-order valence-corrected chi connectivity index (χ4v) is 5.27. The SMILES string of the molecule is CNC1(C)CC[C@@H](Nc2c(C(N)=O)cnn3cc(-c4cccc5ncccc45)cc23)C1(C)C. The van der Waals surface area contributed by atoms with Crippen molar-refractivity contribution >= 4 is 28.0 Å². The first-order valence-electron chi connectivity index (χ1n) is 11.4. The molecule has 0 radical (unpaired) electrons. The molecule has 1 aliphatic carbocycles. The number of nitrogens with two attached hydrogens (primary N) is 1. The van der Waals surface area contributed by atoms with Gasteiger partial charge in [-0.15, -0.1) is 0 Å². The largest absolute Gasteiger partial charge is 0.379 e. The number of hydrogen-bond donors (Lipinski definition) is 3. The van der Waals surface area contributed by atoms with Crippen molar-refractivity contribution in [3.63, 3.8) is 0 Å². The summed E-state index contributed by atoms with van der Waals surface area (Å²) in [5, 5.41) is 12.8. The first-order valence-corrected chi connectivity index (χ1v) is 11.4. The van der Waals surface area contributed by atoms with Crippen LogP contribution in [0, 0.1) is 5.41 Å². The van der Waals surface area contributed by atoms with Crippen molar-refractivity contribution < 1.29 is 4.79 Å². The topological polar surface area (TPSA) is 97.3 Å². The van der Waals surface area contributed by atoms with Crippen molar-refractivity contribution in [1.82, 2.24) is 19.9 Å². The van der Waals surface area contributed by atoms with Crippen molar-refractivity contribution in [3.05, 3.63) is 60.6 Å². The fourth-order valence-electron chi connectivity index (χ4n) is 5.27. The summed E-state index contributed by atoms with van der Waals surface area (Å²) in [6.07, 6.45) is 7.37. The minimum atomic E-state index is -0.489. The Labute approximate surface area is 193 Å². The molecule has 170 valence electrons. The van der Waals surface area contributed by atoms with Crippen molar-refractivity contribution in [2.75, 3.05) is 12.4 Å². The molecule has 33 heavy (non-hydrogen) atoms. The Kier molecular flexibility index (Phi) is 4.90. The number of benzene rings is 1. The number of amides is 1. The molecule has 7 nitrogen and oxygen atoms in total. The van der Waals surface area contributed by atoms with E-state index in [1.807, 2.05) is 36.0 Å². The zero-order valence-corrected chi connectivity index (χ0v) is 19.5. The lowest BCUT2D eigenvalue weighted by molar-refractivity contribution is 0.100.